The summed E-state index contributed by atoms with van der Waals surface area (Å²) < 4.78 is 46.7. The quantitative estimate of drug-likeness (QED) is 0.364. The van der Waals surface area contributed by atoms with Crippen LogP contribution in [-0.4, -0.2) is 10.9 Å². The summed E-state index contributed by atoms with van der Waals surface area (Å²) in [6.45, 7) is 0. The molecule has 1 aromatic heterocycles. The SMILES string of the molecule is NNC(=O)C1Oc2cc(F)ccc2-c2[nH]c3c(F)cc(F)cc3c21. The first-order valence-corrected chi connectivity index (χ1v) is 6.97. The fourth-order valence-corrected chi connectivity index (χ4v) is 2.97. The van der Waals surface area contributed by atoms with Crippen LogP contribution in [0.2, 0.25) is 0 Å². The van der Waals surface area contributed by atoms with Crippen LogP contribution < -0.4 is 16.0 Å². The number of halogens is 3. The van der Waals surface area contributed by atoms with Crippen molar-refractivity contribution in [3.63, 3.8) is 0 Å². The fourth-order valence-electron chi connectivity index (χ4n) is 2.97. The summed E-state index contributed by atoms with van der Waals surface area (Å²) >= 11 is 0. The maximum absolute atomic E-state index is 14.1. The van der Waals surface area contributed by atoms with Gasteiger partial charge in [0.1, 0.15) is 23.2 Å². The topological polar surface area (TPSA) is 80.1 Å². The van der Waals surface area contributed by atoms with Gasteiger partial charge in [0.05, 0.1) is 11.2 Å². The Kier molecular flexibility index (Phi) is 3.04. The first-order chi connectivity index (χ1) is 11.5. The molecule has 1 amide bonds. The normalized spacial score (nSPS) is 15.6. The average Bonchev–Trinajstić information content (AvgIpc) is 2.93. The van der Waals surface area contributed by atoms with Gasteiger partial charge in [-0.25, -0.2) is 19.0 Å². The Morgan fingerprint density at radius 2 is 1.96 bits per heavy atom. The molecule has 2 heterocycles. The standard InChI is InChI=1S/C16H10F3N3O2/c17-6-1-2-8-11(5-6)24-15(16(23)22-20)12-9-3-7(18)4-10(19)13(9)21-14(8)12/h1-5,15,21H,20H2,(H,22,23). The van der Waals surface area contributed by atoms with Crippen molar-refractivity contribution in [3.05, 3.63) is 53.3 Å². The first kappa shape index (κ1) is 14.6. The number of H-pyrrole nitrogens is 1. The molecule has 0 spiro atoms. The lowest BCUT2D eigenvalue weighted by molar-refractivity contribution is -0.128. The van der Waals surface area contributed by atoms with E-state index < -0.39 is 29.5 Å². The number of aromatic nitrogens is 1. The van der Waals surface area contributed by atoms with Crippen molar-refractivity contribution in [1.29, 1.82) is 0 Å². The monoisotopic (exact) mass is 333 g/mol. The predicted octanol–water partition coefficient (Wildman–Crippen LogP) is 2.68. The molecule has 1 atom stereocenters. The summed E-state index contributed by atoms with van der Waals surface area (Å²) in [7, 11) is 0. The number of nitrogens with one attached hydrogen (secondary N) is 2. The molecule has 0 aliphatic carbocycles. The van der Waals surface area contributed by atoms with E-state index in [2.05, 4.69) is 4.98 Å². The van der Waals surface area contributed by atoms with E-state index in [0.29, 0.717) is 11.3 Å². The first-order valence-electron chi connectivity index (χ1n) is 6.97. The lowest BCUT2D eigenvalue weighted by atomic mass is 9.96. The van der Waals surface area contributed by atoms with Crippen molar-refractivity contribution in [2.75, 3.05) is 0 Å². The van der Waals surface area contributed by atoms with E-state index in [-0.39, 0.29) is 22.2 Å². The number of fused-ring (bicyclic) bond motifs is 5. The zero-order chi connectivity index (χ0) is 17.0. The highest BCUT2D eigenvalue weighted by molar-refractivity contribution is 5.99. The lowest BCUT2D eigenvalue weighted by Gasteiger charge is -2.25. The highest BCUT2D eigenvalue weighted by Crippen LogP contribution is 2.46. The van der Waals surface area contributed by atoms with Crippen molar-refractivity contribution >= 4 is 16.8 Å². The van der Waals surface area contributed by atoms with E-state index in [9.17, 15) is 18.0 Å². The average molecular weight is 333 g/mol. The molecule has 1 aliphatic rings. The number of rotatable bonds is 1. The molecule has 4 rings (SSSR count). The molecule has 5 nitrogen and oxygen atoms in total. The smallest absolute Gasteiger partial charge is 0.279 e. The molecule has 8 heteroatoms. The second-order valence-electron chi connectivity index (χ2n) is 5.37. The number of aromatic amines is 1. The van der Waals surface area contributed by atoms with Crippen LogP contribution in [0.15, 0.2) is 30.3 Å². The predicted molar refractivity (Wildman–Crippen MR) is 79.3 cm³/mol. The van der Waals surface area contributed by atoms with Crippen LogP contribution in [0.1, 0.15) is 11.7 Å². The van der Waals surface area contributed by atoms with Crippen molar-refractivity contribution in [3.8, 4) is 17.0 Å². The summed E-state index contributed by atoms with van der Waals surface area (Å²) in [5, 5.41) is 0.158. The van der Waals surface area contributed by atoms with Gasteiger partial charge >= 0.3 is 0 Å². The molecule has 0 bridgehead atoms. The van der Waals surface area contributed by atoms with Crippen molar-refractivity contribution in [2.24, 2.45) is 5.84 Å². The van der Waals surface area contributed by atoms with Gasteiger partial charge in [0, 0.05) is 28.6 Å². The molecule has 0 fully saturated rings. The highest BCUT2D eigenvalue weighted by atomic mass is 19.1. The van der Waals surface area contributed by atoms with E-state index in [4.69, 9.17) is 10.6 Å². The van der Waals surface area contributed by atoms with E-state index in [1.165, 1.54) is 12.1 Å². The van der Waals surface area contributed by atoms with E-state index in [0.717, 1.165) is 18.2 Å². The summed E-state index contributed by atoms with van der Waals surface area (Å²) in [4.78, 5) is 14.9. The van der Waals surface area contributed by atoms with Gasteiger partial charge in [-0.2, -0.15) is 0 Å². The van der Waals surface area contributed by atoms with Crippen LogP contribution in [0.4, 0.5) is 13.2 Å². The maximum atomic E-state index is 14.1. The van der Waals surface area contributed by atoms with E-state index >= 15 is 0 Å². The Balaban J connectivity index is 2.09. The van der Waals surface area contributed by atoms with Gasteiger partial charge in [-0.3, -0.25) is 10.2 Å². The van der Waals surface area contributed by atoms with Crippen LogP contribution in [0.5, 0.6) is 5.75 Å². The third-order valence-corrected chi connectivity index (χ3v) is 3.96. The second-order valence-corrected chi connectivity index (χ2v) is 5.37. The van der Waals surface area contributed by atoms with Crippen molar-refractivity contribution in [1.82, 2.24) is 10.4 Å². The minimum Gasteiger partial charge on any atom is -0.475 e. The largest absolute Gasteiger partial charge is 0.475 e. The molecule has 1 unspecified atom stereocenters. The molecule has 2 aromatic carbocycles. The van der Waals surface area contributed by atoms with Crippen LogP contribution in [-0.2, 0) is 4.79 Å². The van der Waals surface area contributed by atoms with Gasteiger partial charge < -0.3 is 9.72 Å². The highest BCUT2D eigenvalue weighted by Gasteiger charge is 2.35. The number of benzene rings is 2. The minimum atomic E-state index is -1.27. The molecule has 4 N–H and O–H groups in total. The number of amides is 1. The molecule has 24 heavy (non-hydrogen) atoms. The van der Waals surface area contributed by atoms with Crippen molar-refractivity contribution < 1.29 is 22.7 Å². The zero-order valence-electron chi connectivity index (χ0n) is 12.0. The molecule has 0 radical (unpaired) electrons. The van der Waals surface area contributed by atoms with Gasteiger partial charge in [0.25, 0.3) is 5.91 Å². The van der Waals surface area contributed by atoms with Crippen molar-refractivity contribution in [2.45, 2.75) is 6.10 Å². The molecule has 3 aromatic rings. The van der Waals surface area contributed by atoms with Crippen LogP contribution >= 0.6 is 0 Å². The van der Waals surface area contributed by atoms with Gasteiger partial charge in [-0.05, 0) is 18.2 Å². The number of ether oxygens (including phenoxy) is 1. The molecular formula is C16H10F3N3O2. The zero-order valence-corrected chi connectivity index (χ0v) is 12.0. The Morgan fingerprint density at radius 3 is 2.71 bits per heavy atom. The maximum Gasteiger partial charge on any atom is 0.279 e. The summed E-state index contributed by atoms with van der Waals surface area (Å²) in [5.41, 5.74) is 3.00. The summed E-state index contributed by atoms with van der Waals surface area (Å²) in [5.74, 6) is 2.38. The lowest BCUT2D eigenvalue weighted by Crippen LogP contribution is -2.38. The molecule has 0 saturated carbocycles. The Labute approximate surface area is 133 Å². The fraction of sp³-hybridized carbons (Fsp3) is 0.0625. The number of hydrogen-bond acceptors (Lipinski definition) is 3. The summed E-state index contributed by atoms with van der Waals surface area (Å²) in [6.07, 6.45) is -1.27. The number of carbonyl (C=O) groups excluding carboxylic acids is 1. The Hall–Kier alpha value is -3.00. The summed E-state index contributed by atoms with van der Waals surface area (Å²) in [6, 6.07) is 5.58. The van der Waals surface area contributed by atoms with Crippen LogP contribution in [0.3, 0.4) is 0 Å². The van der Waals surface area contributed by atoms with Gasteiger partial charge in [0.15, 0.2) is 0 Å². The van der Waals surface area contributed by atoms with Gasteiger partial charge in [-0.15, -0.1) is 0 Å². The Bertz CT molecular complexity index is 1000. The molecular weight excluding hydrogens is 323 g/mol. The third-order valence-electron chi connectivity index (χ3n) is 3.96. The number of hydrazine groups is 1. The van der Waals surface area contributed by atoms with Crippen LogP contribution in [0, 0.1) is 17.5 Å². The molecule has 1 aliphatic heterocycles. The number of carbonyl (C=O) groups is 1. The van der Waals surface area contributed by atoms with Crippen LogP contribution in [0.25, 0.3) is 22.2 Å². The molecule has 122 valence electrons. The third kappa shape index (κ3) is 1.96. The van der Waals surface area contributed by atoms with Gasteiger partial charge in [0.2, 0.25) is 6.10 Å². The molecule has 0 saturated heterocycles. The van der Waals surface area contributed by atoms with E-state index in [1.54, 1.807) is 0 Å². The van der Waals surface area contributed by atoms with E-state index in [1.807, 2.05) is 5.43 Å². The van der Waals surface area contributed by atoms with Gasteiger partial charge in [-0.1, -0.05) is 0 Å². The number of hydrogen-bond donors (Lipinski definition) is 3. The Morgan fingerprint density at radius 1 is 1.17 bits per heavy atom. The minimum absolute atomic E-state index is 0.0250. The second kappa shape index (κ2) is 5.00. The number of nitrogens with two attached hydrogens (primary N) is 1.